The molecule has 0 aliphatic heterocycles. The number of Topliss-reactive ketones (excluding diaryl/α,β-unsaturated/α-hetero) is 1. The monoisotopic (exact) mass is 456 g/mol. The van der Waals surface area contributed by atoms with Gasteiger partial charge in [0.1, 0.15) is 0 Å². The largest absolute Gasteiger partial charge is 0.326 e. The van der Waals surface area contributed by atoms with Gasteiger partial charge in [-0.05, 0) is 37.2 Å². The molecule has 0 atom stereocenters. The number of nitrogens with zero attached hydrogens (tertiary/aromatic N) is 1. The van der Waals surface area contributed by atoms with Crippen LogP contribution in [0.1, 0.15) is 145 Å². The van der Waals surface area contributed by atoms with Crippen LogP contribution < -0.4 is 0 Å². The van der Waals surface area contributed by atoms with Crippen molar-refractivity contribution < 1.29 is 9.28 Å². The average molecular weight is 457 g/mol. The Morgan fingerprint density at radius 1 is 0.727 bits per heavy atom. The van der Waals surface area contributed by atoms with Gasteiger partial charge in [-0.15, -0.1) is 0 Å². The molecule has 0 N–H and O–H groups in total. The topological polar surface area (TPSA) is 17.1 Å². The zero-order chi connectivity index (χ0) is 23.9. The summed E-state index contributed by atoms with van der Waals surface area (Å²) in [5.74, 6) is 1.01. The van der Waals surface area contributed by atoms with E-state index in [4.69, 9.17) is 0 Å². The van der Waals surface area contributed by atoms with Crippen LogP contribution in [0.2, 0.25) is 0 Å². The van der Waals surface area contributed by atoms with Gasteiger partial charge in [0.05, 0.1) is 26.7 Å². The Kier molecular flexibility index (Phi) is 13.4. The van der Waals surface area contributed by atoms with Gasteiger partial charge in [0.15, 0.2) is 5.78 Å². The van der Waals surface area contributed by atoms with Gasteiger partial charge < -0.3 is 4.48 Å². The minimum Gasteiger partial charge on any atom is -0.326 e. The van der Waals surface area contributed by atoms with Gasteiger partial charge in [-0.1, -0.05) is 102 Å². The van der Waals surface area contributed by atoms with Crippen LogP contribution in [-0.4, -0.2) is 36.9 Å². The first-order chi connectivity index (χ1) is 16.0. The molecule has 2 nitrogen and oxygen atoms in total. The van der Waals surface area contributed by atoms with E-state index in [1.54, 1.807) is 0 Å². The van der Waals surface area contributed by atoms with Crippen molar-refractivity contribution in [3.8, 4) is 0 Å². The van der Waals surface area contributed by atoms with Crippen LogP contribution in [0.15, 0.2) is 24.3 Å². The molecule has 1 fully saturated rings. The Bertz CT molecular complexity index is 639. The molecule has 33 heavy (non-hydrogen) atoms. The molecule has 1 aliphatic rings. The molecule has 0 spiro atoms. The van der Waals surface area contributed by atoms with Crippen molar-refractivity contribution in [2.24, 2.45) is 0 Å². The van der Waals surface area contributed by atoms with E-state index in [0.29, 0.717) is 18.1 Å². The third-order valence-electron chi connectivity index (χ3n) is 8.20. The summed E-state index contributed by atoms with van der Waals surface area (Å²) in [4.78, 5) is 12.6. The Balaban J connectivity index is 1.60. The molecule has 0 radical (unpaired) electrons. The number of hydrogen-bond donors (Lipinski definition) is 0. The quantitative estimate of drug-likeness (QED) is 0.130. The number of carbonyl (C=O) groups is 1. The van der Waals surface area contributed by atoms with Gasteiger partial charge in [-0.25, -0.2) is 0 Å². The molecule has 0 aromatic heterocycles. The van der Waals surface area contributed by atoms with E-state index < -0.39 is 0 Å². The smallest absolute Gasteiger partial charge is 0.162 e. The van der Waals surface area contributed by atoms with E-state index in [9.17, 15) is 4.79 Å². The van der Waals surface area contributed by atoms with Crippen LogP contribution in [0.5, 0.6) is 0 Å². The summed E-state index contributed by atoms with van der Waals surface area (Å²) in [6.07, 6.45) is 21.9. The van der Waals surface area contributed by atoms with Crippen LogP contribution in [-0.2, 0) is 0 Å². The SMILES string of the molecule is CCCCCCCCCCCCCC(=O)c1ccc(C2CCC([N+](C)(C)CCC)CC2)cc1. The van der Waals surface area contributed by atoms with Gasteiger partial charge in [0.2, 0.25) is 0 Å². The third-order valence-corrected chi connectivity index (χ3v) is 8.20. The molecule has 0 heterocycles. The fraction of sp³-hybridized carbons (Fsp3) is 0.774. The Morgan fingerprint density at radius 3 is 1.76 bits per heavy atom. The van der Waals surface area contributed by atoms with E-state index >= 15 is 0 Å². The van der Waals surface area contributed by atoms with Crippen LogP contribution in [0.3, 0.4) is 0 Å². The van der Waals surface area contributed by atoms with Crippen molar-refractivity contribution in [3.63, 3.8) is 0 Å². The predicted molar refractivity (Wildman–Crippen MR) is 144 cm³/mol. The average Bonchev–Trinajstić information content (AvgIpc) is 2.82. The number of ketones is 1. The highest BCUT2D eigenvalue weighted by Gasteiger charge is 2.32. The van der Waals surface area contributed by atoms with E-state index in [0.717, 1.165) is 18.0 Å². The van der Waals surface area contributed by atoms with Gasteiger partial charge >= 0.3 is 0 Å². The normalized spacial score (nSPS) is 19.0. The standard InChI is InChI=1S/C31H54NO/c1-5-7-8-9-10-11-12-13-14-15-16-17-31(33)29-20-18-27(19-21-29)28-22-24-30(25-23-28)32(3,4)26-6-2/h18-21,28,30H,5-17,22-26H2,1-4H3/q+1. The highest BCUT2D eigenvalue weighted by Crippen LogP contribution is 2.36. The Hall–Kier alpha value is -1.15. The van der Waals surface area contributed by atoms with Gasteiger partial charge in [0.25, 0.3) is 0 Å². The highest BCUT2D eigenvalue weighted by atomic mass is 16.1. The van der Waals surface area contributed by atoms with Gasteiger partial charge in [0, 0.05) is 24.8 Å². The molecule has 0 amide bonds. The summed E-state index contributed by atoms with van der Waals surface area (Å²) < 4.78 is 1.18. The molecule has 2 rings (SSSR count). The zero-order valence-electron chi connectivity index (χ0n) is 22.5. The molecule has 0 saturated heterocycles. The minimum absolute atomic E-state index is 0.333. The molecule has 1 aromatic carbocycles. The Labute approximate surface area is 206 Å². The molecule has 1 saturated carbocycles. The fourth-order valence-electron chi connectivity index (χ4n) is 5.90. The maximum atomic E-state index is 12.6. The summed E-state index contributed by atoms with van der Waals surface area (Å²) in [5, 5.41) is 0. The van der Waals surface area contributed by atoms with E-state index in [1.165, 1.54) is 113 Å². The third kappa shape index (κ3) is 10.3. The van der Waals surface area contributed by atoms with Crippen molar-refractivity contribution in [1.29, 1.82) is 0 Å². The molecule has 1 aromatic rings. The summed E-state index contributed by atoms with van der Waals surface area (Å²) in [6.45, 7) is 5.86. The zero-order valence-corrected chi connectivity index (χ0v) is 22.5. The molecule has 2 heteroatoms. The summed E-state index contributed by atoms with van der Waals surface area (Å²) in [6, 6.07) is 9.49. The second-order valence-electron chi connectivity index (χ2n) is 11.3. The van der Waals surface area contributed by atoms with E-state index in [2.05, 4.69) is 52.2 Å². The Morgan fingerprint density at radius 2 is 1.24 bits per heavy atom. The maximum absolute atomic E-state index is 12.6. The number of carbonyl (C=O) groups excluding carboxylic acids is 1. The van der Waals surface area contributed by atoms with Crippen LogP contribution >= 0.6 is 0 Å². The minimum atomic E-state index is 0.333. The van der Waals surface area contributed by atoms with Crippen molar-refractivity contribution in [3.05, 3.63) is 35.4 Å². The van der Waals surface area contributed by atoms with Crippen molar-refractivity contribution in [2.45, 2.75) is 135 Å². The second kappa shape index (κ2) is 15.7. The highest BCUT2D eigenvalue weighted by molar-refractivity contribution is 5.96. The summed E-state index contributed by atoms with van der Waals surface area (Å²) in [5.41, 5.74) is 2.36. The molecule has 1 aliphatic carbocycles. The lowest BCUT2D eigenvalue weighted by Gasteiger charge is -2.41. The van der Waals surface area contributed by atoms with Gasteiger partial charge in [-0.2, -0.15) is 0 Å². The van der Waals surface area contributed by atoms with Crippen molar-refractivity contribution in [2.75, 3.05) is 20.6 Å². The summed E-state index contributed by atoms with van der Waals surface area (Å²) in [7, 11) is 4.81. The lowest BCUT2D eigenvalue weighted by molar-refractivity contribution is -0.916. The number of hydrogen-bond acceptors (Lipinski definition) is 1. The number of benzene rings is 1. The lowest BCUT2D eigenvalue weighted by atomic mass is 9.80. The fourth-order valence-corrected chi connectivity index (χ4v) is 5.90. The first-order valence-electron chi connectivity index (χ1n) is 14.4. The lowest BCUT2D eigenvalue weighted by Crippen LogP contribution is -2.50. The second-order valence-corrected chi connectivity index (χ2v) is 11.3. The summed E-state index contributed by atoms with van der Waals surface area (Å²) >= 11 is 0. The van der Waals surface area contributed by atoms with E-state index in [1.807, 2.05) is 0 Å². The molecule has 0 bridgehead atoms. The first kappa shape index (κ1) is 28.1. The predicted octanol–water partition coefficient (Wildman–Crippen LogP) is 9.08. The number of rotatable bonds is 17. The van der Waals surface area contributed by atoms with E-state index in [-0.39, 0.29) is 0 Å². The molecular weight excluding hydrogens is 402 g/mol. The number of quaternary nitrogens is 1. The molecular formula is C31H54NO+. The number of unbranched alkanes of at least 4 members (excludes halogenated alkanes) is 10. The van der Waals surface area contributed by atoms with Gasteiger partial charge in [-0.3, -0.25) is 4.79 Å². The molecule has 0 unspecified atom stereocenters. The maximum Gasteiger partial charge on any atom is 0.162 e. The van der Waals surface area contributed by atoms with Crippen molar-refractivity contribution in [1.82, 2.24) is 0 Å². The molecule has 188 valence electrons. The van der Waals surface area contributed by atoms with Crippen LogP contribution in [0.4, 0.5) is 0 Å². The first-order valence-corrected chi connectivity index (χ1v) is 14.4. The van der Waals surface area contributed by atoms with Crippen LogP contribution in [0, 0.1) is 0 Å². The van der Waals surface area contributed by atoms with Crippen LogP contribution in [0.25, 0.3) is 0 Å². The van der Waals surface area contributed by atoms with Crippen molar-refractivity contribution >= 4 is 5.78 Å².